The van der Waals surface area contributed by atoms with Gasteiger partial charge in [-0.3, -0.25) is 9.89 Å². The molecule has 0 aliphatic rings. The van der Waals surface area contributed by atoms with Gasteiger partial charge >= 0.3 is 0 Å². The van der Waals surface area contributed by atoms with Crippen LogP contribution in [0.5, 0.6) is 0 Å². The number of likely N-dealkylation sites (N-methyl/N-ethyl adjacent to an activating group) is 1. The molecule has 2 aromatic heterocycles. The molecule has 4 rings (SSSR count). The first-order chi connectivity index (χ1) is 12.7. The van der Waals surface area contributed by atoms with Gasteiger partial charge in [0.25, 0.3) is 0 Å². The van der Waals surface area contributed by atoms with Crippen molar-refractivity contribution >= 4 is 16.8 Å². The molecule has 26 heavy (non-hydrogen) atoms. The average Bonchev–Trinajstić information content (AvgIpc) is 3.30. The van der Waals surface area contributed by atoms with Gasteiger partial charge in [0.15, 0.2) is 0 Å². The third-order valence-corrected chi connectivity index (χ3v) is 4.17. The van der Waals surface area contributed by atoms with E-state index in [0.717, 1.165) is 22.2 Å². The van der Waals surface area contributed by atoms with E-state index in [9.17, 15) is 4.79 Å². The first-order valence-electron chi connectivity index (χ1n) is 8.24. The van der Waals surface area contributed by atoms with Crippen molar-refractivity contribution in [2.45, 2.75) is 13.0 Å². The molecule has 0 bridgehead atoms. The maximum atomic E-state index is 12.5. The van der Waals surface area contributed by atoms with Gasteiger partial charge in [-0.25, -0.2) is 0 Å². The molecule has 1 N–H and O–H groups in total. The molecular weight excluding hydrogens is 330 g/mol. The molecule has 2 heterocycles. The number of fused-ring (bicyclic) bond motifs is 1. The number of hydrogen-bond acceptors (Lipinski definition) is 5. The molecular formula is C19H17N5O2. The Morgan fingerprint density at radius 1 is 1.12 bits per heavy atom. The highest BCUT2D eigenvalue weighted by atomic mass is 16.5. The van der Waals surface area contributed by atoms with Gasteiger partial charge in [0.05, 0.1) is 24.2 Å². The topological polar surface area (TPSA) is 87.9 Å². The molecule has 0 spiro atoms. The molecule has 0 aliphatic heterocycles. The normalized spacial score (nSPS) is 11.0. The highest BCUT2D eigenvalue weighted by Gasteiger charge is 2.17. The average molecular weight is 347 g/mol. The largest absolute Gasteiger partial charge is 0.337 e. The molecule has 130 valence electrons. The van der Waals surface area contributed by atoms with E-state index < -0.39 is 0 Å². The van der Waals surface area contributed by atoms with E-state index >= 15 is 0 Å². The number of benzene rings is 2. The van der Waals surface area contributed by atoms with Crippen LogP contribution in [0, 0.1) is 0 Å². The van der Waals surface area contributed by atoms with Gasteiger partial charge in [-0.15, -0.1) is 0 Å². The first-order valence-corrected chi connectivity index (χ1v) is 8.24. The Kier molecular flexibility index (Phi) is 4.18. The minimum atomic E-state index is -0.0566. The number of rotatable bonds is 5. The van der Waals surface area contributed by atoms with E-state index in [0.29, 0.717) is 11.7 Å². The molecule has 2 aromatic carbocycles. The third kappa shape index (κ3) is 3.19. The summed E-state index contributed by atoms with van der Waals surface area (Å²) in [7, 11) is 1.72. The summed E-state index contributed by atoms with van der Waals surface area (Å²) in [6.07, 6.45) is 0.233. The molecule has 0 aliphatic carbocycles. The number of nitrogens with one attached hydrogen (secondary N) is 1. The van der Waals surface area contributed by atoms with Gasteiger partial charge in [-0.05, 0) is 6.07 Å². The van der Waals surface area contributed by atoms with E-state index in [1.54, 1.807) is 11.9 Å². The van der Waals surface area contributed by atoms with Crippen LogP contribution in [-0.2, 0) is 17.8 Å². The van der Waals surface area contributed by atoms with Crippen molar-refractivity contribution in [3.63, 3.8) is 0 Å². The fourth-order valence-corrected chi connectivity index (χ4v) is 2.75. The number of aromatic amines is 1. The number of aromatic nitrogens is 4. The van der Waals surface area contributed by atoms with Crippen molar-refractivity contribution in [3.8, 4) is 11.4 Å². The maximum absolute atomic E-state index is 12.5. The van der Waals surface area contributed by atoms with Crippen LogP contribution in [0.3, 0.4) is 0 Å². The van der Waals surface area contributed by atoms with E-state index in [4.69, 9.17) is 4.52 Å². The summed E-state index contributed by atoms with van der Waals surface area (Å²) < 4.78 is 5.27. The Labute approximate surface area is 149 Å². The lowest BCUT2D eigenvalue weighted by Gasteiger charge is -2.14. The zero-order valence-corrected chi connectivity index (χ0v) is 14.2. The van der Waals surface area contributed by atoms with Gasteiger partial charge < -0.3 is 9.42 Å². The van der Waals surface area contributed by atoms with Crippen molar-refractivity contribution in [1.29, 1.82) is 0 Å². The zero-order valence-electron chi connectivity index (χ0n) is 14.2. The molecule has 0 saturated heterocycles. The van der Waals surface area contributed by atoms with Crippen LogP contribution in [0.1, 0.15) is 11.6 Å². The SMILES string of the molecule is CN(Cc1nc(-c2ccccc2)no1)C(=O)Cc1[nH]nc2ccccc12. The van der Waals surface area contributed by atoms with Crippen LogP contribution in [0.2, 0.25) is 0 Å². The fraction of sp³-hybridized carbons (Fsp3) is 0.158. The van der Waals surface area contributed by atoms with Crippen LogP contribution in [-0.4, -0.2) is 38.2 Å². The van der Waals surface area contributed by atoms with Crippen molar-refractivity contribution < 1.29 is 9.32 Å². The number of carbonyl (C=O) groups excluding carboxylic acids is 1. The molecule has 7 heteroatoms. The molecule has 7 nitrogen and oxygen atoms in total. The van der Waals surface area contributed by atoms with Crippen molar-refractivity contribution in [2.75, 3.05) is 7.05 Å². The Morgan fingerprint density at radius 3 is 2.73 bits per heavy atom. The number of hydrogen-bond donors (Lipinski definition) is 1. The first kappa shape index (κ1) is 16.0. The summed E-state index contributed by atoms with van der Waals surface area (Å²) >= 11 is 0. The highest BCUT2D eigenvalue weighted by Crippen LogP contribution is 2.17. The standard InChI is InChI=1S/C19H17N5O2/c1-24(12-17-20-19(23-26-17)13-7-3-2-4-8-13)18(25)11-16-14-9-5-6-10-15(14)21-22-16/h2-10H,11-12H2,1H3,(H,21,22). The number of para-hydroxylation sites is 1. The lowest BCUT2D eigenvalue weighted by atomic mass is 10.1. The smallest absolute Gasteiger partial charge is 0.246 e. The molecule has 4 aromatic rings. The van der Waals surface area contributed by atoms with Crippen LogP contribution in [0.15, 0.2) is 59.1 Å². The Balaban J connectivity index is 1.44. The van der Waals surface area contributed by atoms with Crippen molar-refractivity contribution in [1.82, 2.24) is 25.2 Å². The molecule has 0 fully saturated rings. The van der Waals surface area contributed by atoms with Crippen LogP contribution in [0.25, 0.3) is 22.3 Å². The second-order valence-electron chi connectivity index (χ2n) is 6.02. The minimum absolute atomic E-state index is 0.0566. The quantitative estimate of drug-likeness (QED) is 0.600. The van der Waals surface area contributed by atoms with Crippen molar-refractivity contribution in [2.24, 2.45) is 0 Å². The summed E-state index contributed by atoms with van der Waals surface area (Å²) in [6, 6.07) is 17.3. The lowest BCUT2D eigenvalue weighted by molar-refractivity contribution is -0.130. The Bertz CT molecular complexity index is 1040. The number of amides is 1. The number of nitrogens with zero attached hydrogens (tertiary/aromatic N) is 4. The summed E-state index contributed by atoms with van der Waals surface area (Å²) in [4.78, 5) is 18.4. The van der Waals surface area contributed by atoms with Gasteiger partial charge in [0, 0.05) is 18.0 Å². The Hall–Kier alpha value is -3.48. The maximum Gasteiger partial charge on any atom is 0.246 e. The molecule has 0 atom stereocenters. The van der Waals surface area contributed by atoms with E-state index in [1.807, 2.05) is 54.6 Å². The fourth-order valence-electron chi connectivity index (χ4n) is 2.75. The van der Waals surface area contributed by atoms with Gasteiger partial charge in [-0.2, -0.15) is 10.1 Å². The second-order valence-corrected chi connectivity index (χ2v) is 6.02. The Morgan fingerprint density at radius 2 is 1.88 bits per heavy atom. The molecule has 0 radical (unpaired) electrons. The lowest BCUT2D eigenvalue weighted by Crippen LogP contribution is -2.28. The van der Waals surface area contributed by atoms with Gasteiger partial charge in [0.2, 0.25) is 17.6 Å². The zero-order chi connectivity index (χ0) is 17.9. The van der Waals surface area contributed by atoms with E-state index in [-0.39, 0.29) is 18.9 Å². The molecule has 0 saturated carbocycles. The highest BCUT2D eigenvalue weighted by molar-refractivity contribution is 5.87. The van der Waals surface area contributed by atoms with Crippen molar-refractivity contribution in [3.05, 3.63) is 66.2 Å². The predicted molar refractivity (Wildman–Crippen MR) is 96.0 cm³/mol. The number of carbonyl (C=O) groups is 1. The minimum Gasteiger partial charge on any atom is -0.337 e. The monoisotopic (exact) mass is 347 g/mol. The van der Waals surface area contributed by atoms with E-state index in [1.165, 1.54) is 0 Å². The van der Waals surface area contributed by atoms with Crippen LogP contribution >= 0.6 is 0 Å². The van der Waals surface area contributed by atoms with Crippen LogP contribution in [0.4, 0.5) is 0 Å². The summed E-state index contributed by atoms with van der Waals surface area (Å²) in [6.45, 7) is 0.255. The van der Waals surface area contributed by atoms with Gasteiger partial charge in [0.1, 0.15) is 0 Å². The van der Waals surface area contributed by atoms with E-state index in [2.05, 4.69) is 20.3 Å². The number of H-pyrrole nitrogens is 1. The second kappa shape index (κ2) is 6.79. The summed E-state index contributed by atoms with van der Waals surface area (Å²) in [5, 5.41) is 12.1. The molecule has 1 amide bonds. The third-order valence-electron chi connectivity index (χ3n) is 4.17. The van der Waals surface area contributed by atoms with Crippen LogP contribution < -0.4 is 0 Å². The summed E-state index contributed by atoms with van der Waals surface area (Å²) in [5.41, 5.74) is 2.52. The molecule has 0 unspecified atom stereocenters. The van der Waals surface area contributed by atoms with Gasteiger partial charge in [-0.1, -0.05) is 53.7 Å². The predicted octanol–water partition coefficient (Wildman–Crippen LogP) is 2.81. The summed E-state index contributed by atoms with van der Waals surface area (Å²) in [5.74, 6) is 0.856.